The largest absolute Gasteiger partial charge is 0.460 e. The number of benzene rings is 2. The summed E-state index contributed by atoms with van der Waals surface area (Å²) in [7, 11) is 0. The molecule has 0 saturated carbocycles. The predicted octanol–water partition coefficient (Wildman–Crippen LogP) is 6.48. The first kappa shape index (κ1) is 33.5. The van der Waals surface area contributed by atoms with Crippen molar-refractivity contribution < 1.29 is 24.0 Å². The summed E-state index contributed by atoms with van der Waals surface area (Å²) in [5.74, 6) is -2.20. The molecule has 0 bridgehead atoms. The van der Waals surface area contributed by atoms with Gasteiger partial charge in [-0.15, -0.1) is 0 Å². The number of hydrogen-bond donors (Lipinski definition) is 1. The van der Waals surface area contributed by atoms with Crippen LogP contribution in [-0.4, -0.2) is 47.3 Å². The fraction of sp³-hybridized carbons (Fsp3) is 0.278. The molecule has 0 fully saturated rings. The van der Waals surface area contributed by atoms with Crippen molar-refractivity contribution in [3.8, 4) is 0 Å². The molecule has 1 aliphatic rings. The Labute approximate surface area is 268 Å². The summed E-state index contributed by atoms with van der Waals surface area (Å²) in [6.45, 7) is 9.01. The summed E-state index contributed by atoms with van der Waals surface area (Å²) in [5.41, 5.74) is 5.90. The Morgan fingerprint density at radius 3 is 2.39 bits per heavy atom. The normalized spacial score (nSPS) is 15.3. The van der Waals surface area contributed by atoms with Crippen molar-refractivity contribution in [2.45, 2.75) is 53.1 Å². The van der Waals surface area contributed by atoms with E-state index in [1.165, 1.54) is 23.8 Å². The lowest BCUT2D eigenvalue weighted by Crippen LogP contribution is -2.33. The molecule has 10 heteroatoms. The lowest BCUT2D eigenvalue weighted by atomic mass is 9.80. The summed E-state index contributed by atoms with van der Waals surface area (Å²) < 4.78 is 11.1. The minimum absolute atomic E-state index is 0.00143. The van der Waals surface area contributed by atoms with Gasteiger partial charge in [0.05, 0.1) is 34.6 Å². The quantitative estimate of drug-likeness (QED) is 0.0797. The van der Waals surface area contributed by atoms with Gasteiger partial charge >= 0.3 is 11.9 Å². The van der Waals surface area contributed by atoms with Crippen LogP contribution in [0.1, 0.15) is 62.8 Å². The van der Waals surface area contributed by atoms with Gasteiger partial charge in [0.1, 0.15) is 6.61 Å². The molecule has 0 radical (unpaired) electrons. The number of allylic oxidation sites excluding steroid dienone is 3. The Hall–Kier alpha value is -5.38. The molecule has 0 aliphatic carbocycles. The standard InChI is InChI=1S/C36H38N4O6/c1-23(2)46-36(42)33-26(5)39-25(4)32(34(33)30-9-6-10-31(20-30)40(43)44)35(41)45-17-16-38-21-24(3)18-27-11-13-28(14-12-27)19-29-8-7-15-37-22-29/h6-15,18,20-23,34,39H,16-17,19H2,1-5H3/b24-18+,38-21?. The third-order valence-electron chi connectivity index (χ3n) is 7.21. The number of carbonyl (C=O) groups excluding carboxylic acids is 2. The fourth-order valence-corrected chi connectivity index (χ4v) is 5.21. The van der Waals surface area contributed by atoms with Gasteiger partial charge in [-0.2, -0.15) is 0 Å². The van der Waals surface area contributed by atoms with Gasteiger partial charge in [-0.3, -0.25) is 20.1 Å². The highest BCUT2D eigenvalue weighted by molar-refractivity contribution is 6.00. The molecule has 2 aromatic carbocycles. The van der Waals surface area contributed by atoms with Crippen LogP contribution in [-0.2, 0) is 25.5 Å². The van der Waals surface area contributed by atoms with E-state index in [2.05, 4.69) is 45.6 Å². The molecule has 1 unspecified atom stereocenters. The van der Waals surface area contributed by atoms with Crippen LogP contribution in [0.15, 0.2) is 106 Å². The number of nitrogens with one attached hydrogen (secondary N) is 1. The van der Waals surface area contributed by atoms with Gasteiger partial charge in [0.2, 0.25) is 0 Å². The van der Waals surface area contributed by atoms with E-state index in [4.69, 9.17) is 9.47 Å². The maximum atomic E-state index is 13.5. The van der Waals surface area contributed by atoms with Crippen molar-refractivity contribution in [3.05, 3.63) is 134 Å². The highest BCUT2D eigenvalue weighted by Gasteiger charge is 2.38. The van der Waals surface area contributed by atoms with Crippen molar-refractivity contribution >= 4 is 29.9 Å². The average Bonchev–Trinajstić information content (AvgIpc) is 3.01. The number of nitrogens with zero attached hydrogens (tertiary/aromatic N) is 3. The first-order valence-corrected chi connectivity index (χ1v) is 15.0. The zero-order valence-electron chi connectivity index (χ0n) is 26.7. The topological polar surface area (TPSA) is 133 Å². The minimum atomic E-state index is -0.927. The molecule has 1 aliphatic heterocycles. The average molecular weight is 623 g/mol. The van der Waals surface area contributed by atoms with E-state index < -0.39 is 28.9 Å². The molecule has 1 atom stereocenters. The second-order valence-electron chi connectivity index (χ2n) is 11.3. The molecule has 0 saturated heterocycles. The van der Waals surface area contributed by atoms with Crippen molar-refractivity contribution in [1.82, 2.24) is 10.3 Å². The zero-order chi connectivity index (χ0) is 33.2. The Balaban J connectivity index is 1.43. The van der Waals surface area contributed by atoms with Crippen molar-refractivity contribution in [2.24, 2.45) is 4.99 Å². The number of aliphatic imine (C=N–C) groups is 1. The first-order valence-electron chi connectivity index (χ1n) is 15.0. The van der Waals surface area contributed by atoms with Crippen molar-refractivity contribution in [3.63, 3.8) is 0 Å². The molecule has 1 N–H and O–H groups in total. The van der Waals surface area contributed by atoms with Crippen LogP contribution in [0.5, 0.6) is 0 Å². The molecular weight excluding hydrogens is 584 g/mol. The summed E-state index contributed by atoms with van der Waals surface area (Å²) in [4.78, 5) is 46.3. The van der Waals surface area contributed by atoms with Crippen LogP contribution in [0, 0.1) is 10.1 Å². The van der Waals surface area contributed by atoms with Crippen LogP contribution in [0.3, 0.4) is 0 Å². The smallest absolute Gasteiger partial charge is 0.337 e. The van der Waals surface area contributed by atoms with Gasteiger partial charge in [0, 0.05) is 42.1 Å². The number of pyridine rings is 1. The van der Waals surface area contributed by atoms with Crippen LogP contribution in [0.2, 0.25) is 0 Å². The fourth-order valence-electron chi connectivity index (χ4n) is 5.21. The number of esters is 2. The molecule has 10 nitrogen and oxygen atoms in total. The van der Waals surface area contributed by atoms with Gasteiger partial charge in [-0.25, -0.2) is 9.59 Å². The van der Waals surface area contributed by atoms with E-state index >= 15 is 0 Å². The number of aromatic nitrogens is 1. The molecule has 0 amide bonds. The zero-order valence-corrected chi connectivity index (χ0v) is 26.7. The number of nitro benzene ring substituents is 1. The van der Waals surface area contributed by atoms with Gasteiger partial charge in [0.25, 0.3) is 5.69 Å². The third-order valence-corrected chi connectivity index (χ3v) is 7.21. The van der Waals surface area contributed by atoms with Gasteiger partial charge in [-0.05, 0) is 74.9 Å². The minimum Gasteiger partial charge on any atom is -0.460 e. The highest BCUT2D eigenvalue weighted by Crippen LogP contribution is 2.40. The molecule has 0 spiro atoms. The van der Waals surface area contributed by atoms with Gasteiger partial charge in [0.15, 0.2) is 0 Å². The Kier molecular flexibility index (Phi) is 11.3. The number of non-ortho nitro benzene ring substituents is 1. The van der Waals surface area contributed by atoms with Crippen LogP contribution < -0.4 is 5.32 Å². The molecule has 46 heavy (non-hydrogen) atoms. The maximum Gasteiger partial charge on any atom is 0.337 e. The lowest BCUT2D eigenvalue weighted by molar-refractivity contribution is -0.384. The van der Waals surface area contributed by atoms with Gasteiger partial charge in [-0.1, -0.05) is 48.5 Å². The molecule has 1 aromatic heterocycles. The number of carbonyl (C=O) groups is 2. The Morgan fingerprint density at radius 1 is 1.02 bits per heavy atom. The van der Waals surface area contributed by atoms with Crippen molar-refractivity contribution in [2.75, 3.05) is 13.2 Å². The second kappa shape index (κ2) is 15.6. The highest BCUT2D eigenvalue weighted by atomic mass is 16.6. The molecule has 2 heterocycles. The van der Waals surface area contributed by atoms with Crippen LogP contribution >= 0.6 is 0 Å². The Morgan fingerprint density at radius 2 is 1.74 bits per heavy atom. The number of ether oxygens (including phenoxy) is 2. The number of rotatable bonds is 12. The summed E-state index contributed by atoms with van der Waals surface area (Å²) in [6, 6.07) is 18.2. The van der Waals surface area contributed by atoms with E-state index in [-0.39, 0.29) is 30.0 Å². The lowest BCUT2D eigenvalue weighted by Gasteiger charge is -2.30. The third kappa shape index (κ3) is 8.84. The first-order chi connectivity index (χ1) is 22.0. The van der Waals surface area contributed by atoms with E-state index in [9.17, 15) is 19.7 Å². The van der Waals surface area contributed by atoms with E-state index in [1.807, 2.05) is 25.3 Å². The molecule has 4 rings (SSSR count). The summed E-state index contributed by atoms with van der Waals surface area (Å²) in [6.07, 6.45) is 7.77. The Bertz CT molecular complexity index is 1710. The van der Waals surface area contributed by atoms with E-state index in [0.717, 1.165) is 23.1 Å². The summed E-state index contributed by atoms with van der Waals surface area (Å²) in [5, 5.41) is 14.6. The summed E-state index contributed by atoms with van der Waals surface area (Å²) >= 11 is 0. The SMILES string of the molecule is CC1=C(C(=O)OCCN=C/C(C)=C/c2ccc(Cc3cccnc3)cc2)C(c2cccc([N+](=O)[O-])c2)C(C(=O)OC(C)C)=C(C)N1. The molecule has 238 valence electrons. The molecular formula is C36H38N4O6. The maximum absolute atomic E-state index is 13.5. The molecule has 3 aromatic rings. The number of nitro groups is 1. The van der Waals surface area contributed by atoms with E-state index in [1.54, 1.807) is 46.2 Å². The van der Waals surface area contributed by atoms with Crippen LogP contribution in [0.25, 0.3) is 6.08 Å². The van der Waals surface area contributed by atoms with Crippen LogP contribution in [0.4, 0.5) is 5.69 Å². The van der Waals surface area contributed by atoms with Gasteiger partial charge < -0.3 is 14.8 Å². The predicted molar refractivity (Wildman–Crippen MR) is 177 cm³/mol. The van der Waals surface area contributed by atoms with E-state index in [0.29, 0.717) is 17.0 Å². The number of hydrogen-bond acceptors (Lipinski definition) is 9. The number of dihydropyridines is 1. The monoisotopic (exact) mass is 622 g/mol. The second-order valence-corrected chi connectivity index (χ2v) is 11.3. The van der Waals surface area contributed by atoms with Crippen molar-refractivity contribution in [1.29, 1.82) is 0 Å².